The number of primary amides is 1. The van der Waals surface area contributed by atoms with E-state index in [-0.39, 0.29) is 0 Å². The highest BCUT2D eigenvalue weighted by Gasteiger charge is 2.19. The zero-order valence-electron chi connectivity index (χ0n) is 10.8. The minimum absolute atomic E-state index is 0.440. The van der Waals surface area contributed by atoms with E-state index in [4.69, 9.17) is 17.3 Å². The van der Waals surface area contributed by atoms with Gasteiger partial charge >= 0.3 is 0 Å². The molecule has 1 amide bonds. The van der Waals surface area contributed by atoms with Crippen molar-refractivity contribution in [3.8, 4) is 5.13 Å². The normalized spacial score (nSPS) is 11.2. The molecule has 5 nitrogen and oxygen atoms in total. The van der Waals surface area contributed by atoms with E-state index in [1.54, 1.807) is 24.6 Å². The molecule has 2 heterocycles. The molecule has 102 valence electrons. The van der Waals surface area contributed by atoms with Crippen LogP contribution in [-0.4, -0.2) is 20.7 Å². The van der Waals surface area contributed by atoms with Gasteiger partial charge in [-0.05, 0) is 26.0 Å². The summed E-state index contributed by atoms with van der Waals surface area (Å²) < 4.78 is 2.61. The van der Waals surface area contributed by atoms with Gasteiger partial charge in [0.05, 0.1) is 26.7 Å². The minimum Gasteiger partial charge on any atom is -0.365 e. The second kappa shape index (κ2) is 4.57. The summed E-state index contributed by atoms with van der Waals surface area (Å²) in [6, 6.07) is 5.62. The van der Waals surface area contributed by atoms with Crippen LogP contribution in [0.3, 0.4) is 0 Å². The summed E-state index contributed by atoms with van der Waals surface area (Å²) in [5.74, 6) is -0.481. The van der Waals surface area contributed by atoms with E-state index in [2.05, 4.69) is 10.1 Å². The van der Waals surface area contributed by atoms with Crippen LogP contribution in [0.1, 0.15) is 21.7 Å². The molecule has 0 unspecified atom stereocenters. The van der Waals surface area contributed by atoms with Gasteiger partial charge in [0.25, 0.3) is 5.91 Å². The lowest BCUT2D eigenvalue weighted by Gasteiger charge is -1.98. The third kappa shape index (κ3) is 1.88. The summed E-state index contributed by atoms with van der Waals surface area (Å²) in [6.45, 7) is 3.55. The highest BCUT2D eigenvalue weighted by atomic mass is 35.5. The zero-order chi connectivity index (χ0) is 14.4. The summed E-state index contributed by atoms with van der Waals surface area (Å²) in [6.07, 6.45) is 0. The molecule has 3 rings (SSSR count). The number of aromatic nitrogens is 3. The summed E-state index contributed by atoms with van der Waals surface area (Å²) in [4.78, 5) is 15.9. The average Bonchev–Trinajstić information content (AvgIpc) is 2.91. The van der Waals surface area contributed by atoms with Gasteiger partial charge in [0.2, 0.25) is 5.13 Å². The Morgan fingerprint density at radius 1 is 1.40 bits per heavy atom. The van der Waals surface area contributed by atoms with Crippen LogP contribution in [0.15, 0.2) is 18.2 Å². The first kappa shape index (κ1) is 13.1. The number of amides is 1. The van der Waals surface area contributed by atoms with E-state index in [1.807, 2.05) is 12.1 Å². The molecule has 0 bridgehead atoms. The first-order valence-corrected chi connectivity index (χ1v) is 7.10. The maximum absolute atomic E-state index is 11.4. The van der Waals surface area contributed by atoms with Crippen LogP contribution in [0.25, 0.3) is 15.3 Å². The van der Waals surface area contributed by atoms with Crippen LogP contribution in [0.5, 0.6) is 0 Å². The van der Waals surface area contributed by atoms with Crippen molar-refractivity contribution >= 4 is 39.1 Å². The number of carbonyl (C=O) groups is 1. The fourth-order valence-electron chi connectivity index (χ4n) is 2.18. The Hall–Kier alpha value is -1.92. The number of hydrogen-bond donors (Lipinski definition) is 1. The Morgan fingerprint density at radius 3 is 2.75 bits per heavy atom. The minimum atomic E-state index is -0.481. The van der Waals surface area contributed by atoms with Crippen molar-refractivity contribution in [3.63, 3.8) is 0 Å². The van der Waals surface area contributed by atoms with Crippen molar-refractivity contribution in [1.82, 2.24) is 14.8 Å². The van der Waals surface area contributed by atoms with Crippen LogP contribution >= 0.6 is 22.9 Å². The highest BCUT2D eigenvalue weighted by Crippen LogP contribution is 2.30. The van der Waals surface area contributed by atoms with Crippen LogP contribution in [0, 0.1) is 13.8 Å². The lowest BCUT2D eigenvalue weighted by Crippen LogP contribution is -2.13. The van der Waals surface area contributed by atoms with Crippen molar-refractivity contribution < 1.29 is 4.79 Å². The lowest BCUT2D eigenvalue weighted by molar-refractivity contribution is 0.0999. The van der Waals surface area contributed by atoms with Crippen molar-refractivity contribution in [2.45, 2.75) is 13.8 Å². The van der Waals surface area contributed by atoms with Gasteiger partial charge in [0, 0.05) is 0 Å². The molecule has 7 heteroatoms. The quantitative estimate of drug-likeness (QED) is 0.791. The molecule has 2 aromatic heterocycles. The van der Waals surface area contributed by atoms with Crippen LogP contribution in [0.4, 0.5) is 0 Å². The zero-order valence-corrected chi connectivity index (χ0v) is 12.4. The fourth-order valence-corrected chi connectivity index (χ4v) is 3.45. The van der Waals surface area contributed by atoms with Gasteiger partial charge in [-0.3, -0.25) is 4.79 Å². The molecule has 2 N–H and O–H groups in total. The number of rotatable bonds is 2. The number of aryl methyl sites for hydroxylation is 1. The molecule has 0 saturated heterocycles. The largest absolute Gasteiger partial charge is 0.365 e. The SMILES string of the molecule is Cc1nn(-c2nc3c(Cl)cccc3s2)c(C)c1C(N)=O. The molecule has 0 saturated carbocycles. The van der Waals surface area contributed by atoms with Crippen molar-refractivity contribution in [1.29, 1.82) is 0 Å². The van der Waals surface area contributed by atoms with Gasteiger partial charge in [-0.2, -0.15) is 5.10 Å². The Labute approximate surface area is 124 Å². The van der Waals surface area contributed by atoms with E-state index < -0.39 is 5.91 Å². The molecule has 0 fully saturated rings. The number of halogens is 1. The van der Waals surface area contributed by atoms with Crippen LogP contribution in [0.2, 0.25) is 5.02 Å². The average molecular weight is 307 g/mol. The smallest absolute Gasteiger partial charge is 0.252 e. The lowest BCUT2D eigenvalue weighted by atomic mass is 10.2. The molecule has 1 aromatic carbocycles. The van der Waals surface area contributed by atoms with Crippen molar-refractivity contribution in [2.75, 3.05) is 0 Å². The second-order valence-corrected chi connectivity index (χ2v) is 5.82. The summed E-state index contributed by atoms with van der Waals surface area (Å²) in [7, 11) is 0. The summed E-state index contributed by atoms with van der Waals surface area (Å²) in [5.41, 5.74) is 7.84. The molecule has 3 aromatic rings. The van der Waals surface area contributed by atoms with Crippen molar-refractivity contribution in [2.24, 2.45) is 5.73 Å². The molecular formula is C13H11ClN4OS. The van der Waals surface area contributed by atoms with Gasteiger partial charge < -0.3 is 5.73 Å². The molecular weight excluding hydrogens is 296 g/mol. The predicted octanol–water partition coefficient (Wildman–Crippen LogP) is 2.85. The Morgan fingerprint density at radius 2 is 2.15 bits per heavy atom. The van der Waals surface area contributed by atoms with E-state index in [0.717, 1.165) is 10.2 Å². The van der Waals surface area contributed by atoms with E-state index in [9.17, 15) is 4.79 Å². The number of carbonyl (C=O) groups excluding carboxylic acids is 1. The Balaban J connectivity index is 2.24. The summed E-state index contributed by atoms with van der Waals surface area (Å²) in [5, 5.41) is 5.61. The maximum Gasteiger partial charge on any atom is 0.252 e. The van der Waals surface area contributed by atoms with Gasteiger partial charge in [0.15, 0.2) is 0 Å². The van der Waals surface area contributed by atoms with Gasteiger partial charge in [0.1, 0.15) is 5.52 Å². The second-order valence-electron chi connectivity index (χ2n) is 4.40. The number of fused-ring (bicyclic) bond motifs is 1. The first-order valence-electron chi connectivity index (χ1n) is 5.90. The topological polar surface area (TPSA) is 73.8 Å². The highest BCUT2D eigenvalue weighted by molar-refractivity contribution is 7.20. The van der Waals surface area contributed by atoms with Crippen LogP contribution in [-0.2, 0) is 0 Å². The number of nitrogens with zero attached hydrogens (tertiary/aromatic N) is 3. The number of benzene rings is 1. The van der Waals surface area contributed by atoms with Gasteiger partial charge in [-0.15, -0.1) is 0 Å². The molecule has 0 spiro atoms. The monoisotopic (exact) mass is 306 g/mol. The van der Waals surface area contributed by atoms with Crippen molar-refractivity contribution in [3.05, 3.63) is 40.2 Å². The Kier molecular flexibility index (Phi) is 2.99. The van der Waals surface area contributed by atoms with Gasteiger partial charge in [-0.25, -0.2) is 9.67 Å². The van der Waals surface area contributed by atoms with E-state index in [1.165, 1.54) is 11.3 Å². The number of hydrogen-bond acceptors (Lipinski definition) is 4. The molecule has 0 atom stereocenters. The molecule has 20 heavy (non-hydrogen) atoms. The molecule has 0 aliphatic rings. The number of nitrogens with two attached hydrogens (primary N) is 1. The molecule has 0 aliphatic carbocycles. The van der Waals surface area contributed by atoms with E-state index in [0.29, 0.717) is 27.1 Å². The first-order chi connectivity index (χ1) is 9.49. The standard InChI is InChI=1S/C13H11ClN4OS/c1-6-10(12(15)19)7(2)18(17-6)13-16-11-8(14)4-3-5-9(11)20-13/h3-5H,1-2H3,(H2,15,19). The van der Waals surface area contributed by atoms with Gasteiger partial charge in [-0.1, -0.05) is 29.0 Å². The van der Waals surface area contributed by atoms with Crippen LogP contribution < -0.4 is 5.73 Å². The predicted molar refractivity (Wildman–Crippen MR) is 79.7 cm³/mol. The van der Waals surface area contributed by atoms with E-state index >= 15 is 0 Å². The Bertz CT molecular complexity index is 836. The number of thiazole rings is 1. The maximum atomic E-state index is 11.4. The summed E-state index contributed by atoms with van der Waals surface area (Å²) >= 11 is 7.59. The molecule has 0 aliphatic heterocycles. The fraction of sp³-hybridized carbons (Fsp3) is 0.154. The number of para-hydroxylation sites is 1. The third-order valence-electron chi connectivity index (χ3n) is 3.08. The molecule has 0 radical (unpaired) electrons. The third-order valence-corrected chi connectivity index (χ3v) is 4.38.